The number of oxazole rings is 1. The standard InChI is InChI=1S/C28H25NO4/c1-19-4-7-23(28-29-14-15-33-28)18-26(19)21-8-5-20(6-9-21)16-24(30)11-10-22-17-25(31-2)12-13-27(22)32-3/h4-15,17-18H,16H2,1-3H3/b11-10+. The van der Waals surface area contributed by atoms with E-state index in [-0.39, 0.29) is 5.78 Å². The quantitative estimate of drug-likeness (QED) is 0.308. The Bertz CT molecular complexity index is 1270. The van der Waals surface area contributed by atoms with Crippen molar-refractivity contribution in [3.05, 3.63) is 95.9 Å². The van der Waals surface area contributed by atoms with Gasteiger partial charge in [-0.25, -0.2) is 4.98 Å². The number of allylic oxidation sites excluding steroid dienone is 1. The topological polar surface area (TPSA) is 61.6 Å². The zero-order valence-corrected chi connectivity index (χ0v) is 18.9. The van der Waals surface area contributed by atoms with Crippen LogP contribution >= 0.6 is 0 Å². The van der Waals surface area contributed by atoms with Crippen LogP contribution in [0.15, 0.2) is 83.6 Å². The molecule has 5 nitrogen and oxygen atoms in total. The Balaban J connectivity index is 1.48. The molecule has 4 aromatic rings. The van der Waals surface area contributed by atoms with Gasteiger partial charge in [0.2, 0.25) is 5.89 Å². The molecule has 0 saturated heterocycles. The van der Waals surface area contributed by atoms with Crippen molar-refractivity contribution in [3.63, 3.8) is 0 Å². The van der Waals surface area contributed by atoms with Crippen LogP contribution < -0.4 is 9.47 Å². The summed E-state index contributed by atoms with van der Waals surface area (Å²) in [5.74, 6) is 2.00. The molecule has 0 aliphatic carbocycles. The van der Waals surface area contributed by atoms with Crippen molar-refractivity contribution in [2.45, 2.75) is 13.3 Å². The number of ether oxygens (including phenoxy) is 2. The highest BCUT2D eigenvalue weighted by Gasteiger charge is 2.09. The van der Waals surface area contributed by atoms with E-state index in [2.05, 4.69) is 24.0 Å². The molecule has 0 unspecified atom stereocenters. The summed E-state index contributed by atoms with van der Waals surface area (Å²) in [4.78, 5) is 16.8. The maximum atomic E-state index is 12.5. The molecule has 1 heterocycles. The van der Waals surface area contributed by atoms with E-state index < -0.39 is 0 Å². The number of benzene rings is 3. The van der Waals surface area contributed by atoms with Gasteiger partial charge in [0.15, 0.2) is 5.78 Å². The van der Waals surface area contributed by atoms with Gasteiger partial charge >= 0.3 is 0 Å². The number of rotatable bonds is 8. The second-order valence-electron chi connectivity index (χ2n) is 7.65. The van der Waals surface area contributed by atoms with E-state index in [1.807, 2.05) is 48.5 Å². The number of aryl methyl sites for hydroxylation is 1. The highest BCUT2D eigenvalue weighted by Crippen LogP contribution is 2.29. The molecule has 0 N–H and O–H groups in total. The fourth-order valence-electron chi connectivity index (χ4n) is 3.65. The van der Waals surface area contributed by atoms with Gasteiger partial charge in [-0.2, -0.15) is 0 Å². The summed E-state index contributed by atoms with van der Waals surface area (Å²) in [6.07, 6.45) is 6.86. The third kappa shape index (κ3) is 5.21. The molecular weight excluding hydrogens is 414 g/mol. The Morgan fingerprint density at radius 1 is 0.970 bits per heavy atom. The normalized spacial score (nSPS) is 11.0. The van der Waals surface area contributed by atoms with Gasteiger partial charge in [0.05, 0.1) is 20.4 Å². The average molecular weight is 440 g/mol. The molecule has 4 rings (SSSR count). The van der Waals surface area contributed by atoms with Crippen molar-refractivity contribution in [2.24, 2.45) is 0 Å². The van der Waals surface area contributed by atoms with Gasteiger partial charge in [0, 0.05) is 17.5 Å². The first-order valence-corrected chi connectivity index (χ1v) is 10.6. The van der Waals surface area contributed by atoms with E-state index in [9.17, 15) is 4.79 Å². The van der Waals surface area contributed by atoms with Crippen LogP contribution in [0.5, 0.6) is 11.5 Å². The first-order chi connectivity index (χ1) is 16.1. The molecule has 0 aliphatic heterocycles. The molecule has 0 aliphatic rings. The van der Waals surface area contributed by atoms with Crippen LogP contribution in [0.3, 0.4) is 0 Å². The maximum absolute atomic E-state index is 12.5. The zero-order valence-electron chi connectivity index (χ0n) is 18.9. The lowest BCUT2D eigenvalue weighted by Gasteiger charge is -2.09. The van der Waals surface area contributed by atoms with Gasteiger partial charge in [-0.15, -0.1) is 0 Å². The monoisotopic (exact) mass is 439 g/mol. The fraction of sp³-hybridized carbons (Fsp3) is 0.143. The predicted octanol–water partition coefficient (Wildman–Crippen LogP) is 6.16. The van der Waals surface area contributed by atoms with Crippen molar-refractivity contribution >= 4 is 11.9 Å². The highest BCUT2D eigenvalue weighted by molar-refractivity contribution is 5.95. The third-order valence-electron chi connectivity index (χ3n) is 5.45. The van der Waals surface area contributed by atoms with Crippen LogP contribution in [0.25, 0.3) is 28.7 Å². The summed E-state index contributed by atoms with van der Waals surface area (Å²) in [6, 6.07) is 19.7. The van der Waals surface area contributed by atoms with Crippen LogP contribution in [-0.2, 0) is 11.2 Å². The summed E-state index contributed by atoms with van der Waals surface area (Å²) >= 11 is 0. The van der Waals surface area contributed by atoms with Gasteiger partial charge < -0.3 is 13.9 Å². The van der Waals surface area contributed by atoms with E-state index in [1.54, 1.807) is 38.8 Å². The lowest BCUT2D eigenvalue weighted by molar-refractivity contribution is -0.113. The molecule has 0 spiro atoms. The summed E-state index contributed by atoms with van der Waals surface area (Å²) in [7, 11) is 3.21. The Morgan fingerprint density at radius 2 is 1.76 bits per heavy atom. The van der Waals surface area contributed by atoms with Gasteiger partial charge in [-0.05, 0) is 71.7 Å². The first kappa shape index (κ1) is 22.1. The van der Waals surface area contributed by atoms with Crippen LogP contribution in [-0.4, -0.2) is 25.0 Å². The van der Waals surface area contributed by atoms with Crippen molar-refractivity contribution in [2.75, 3.05) is 14.2 Å². The molecule has 33 heavy (non-hydrogen) atoms. The van der Waals surface area contributed by atoms with E-state index >= 15 is 0 Å². The van der Waals surface area contributed by atoms with E-state index in [0.29, 0.717) is 23.8 Å². The van der Waals surface area contributed by atoms with Crippen LogP contribution in [0.1, 0.15) is 16.7 Å². The number of carbonyl (C=O) groups excluding carboxylic acids is 1. The lowest BCUT2D eigenvalue weighted by Crippen LogP contribution is -1.98. The Morgan fingerprint density at radius 3 is 2.45 bits per heavy atom. The van der Waals surface area contributed by atoms with E-state index in [4.69, 9.17) is 13.9 Å². The van der Waals surface area contributed by atoms with Crippen molar-refractivity contribution in [1.82, 2.24) is 4.98 Å². The van der Waals surface area contributed by atoms with Crippen molar-refractivity contribution in [1.29, 1.82) is 0 Å². The number of carbonyl (C=O) groups is 1. The molecule has 0 bridgehead atoms. The summed E-state index contributed by atoms with van der Waals surface area (Å²) in [5.41, 5.74) is 6.01. The van der Waals surface area contributed by atoms with Crippen LogP contribution in [0, 0.1) is 6.92 Å². The van der Waals surface area contributed by atoms with Crippen LogP contribution in [0.2, 0.25) is 0 Å². The third-order valence-corrected chi connectivity index (χ3v) is 5.45. The minimum atomic E-state index is 0.00898. The number of hydrogen-bond donors (Lipinski definition) is 0. The SMILES string of the molecule is COc1ccc(OC)c(/C=C/C(=O)Cc2ccc(-c3cc(-c4ncco4)ccc3C)cc2)c1. The maximum Gasteiger partial charge on any atom is 0.225 e. The molecule has 0 amide bonds. The number of ketones is 1. The second-order valence-corrected chi connectivity index (χ2v) is 7.65. The number of hydrogen-bond acceptors (Lipinski definition) is 5. The largest absolute Gasteiger partial charge is 0.497 e. The Kier molecular flexibility index (Phi) is 6.69. The molecule has 0 saturated carbocycles. The fourth-order valence-corrected chi connectivity index (χ4v) is 3.65. The summed E-state index contributed by atoms with van der Waals surface area (Å²) in [5, 5.41) is 0. The molecule has 1 aromatic heterocycles. The van der Waals surface area contributed by atoms with E-state index in [0.717, 1.165) is 33.4 Å². The van der Waals surface area contributed by atoms with Gasteiger partial charge in [0.1, 0.15) is 17.8 Å². The molecule has 5 heteroatoms. The molecule has 3 aromatic carbocycles. The Hall–Kier alpha value is -4.12. The molecule has 166 valence electrons. The highest BCUT2D eigenvalue weighted by atomic mass is 16.5. The van der Waals surface area contributed by atoms with Gasteiger partial charge in [-0.1, -0.05) is 30.3 Å². The molecule has 0 radical (unpaired) electrons. The molecule has 0 fully saturated rings. The van der Waals surface area contributed by atoms with Crippen molar-refractivity contribution in [3.8, 4) is 34.1 Å². The molecule has 0 atom stereocenters. The summed E-state index contributed by atoms with van der Waals surface area (Å²) < 4.78 is 16.0. The summed E-state index contributed by atoms with van der Waals surface area (Å²) in [6.45, 7) is 2.07. The van der Waals surface area contributed by atoms with Gasteiger partial charge in [-0.3, -0.25) is 4.79 Å². The Labute approximate surface area is 193 Å². The van der Waals surface area contributed by atoms with Crippen LogP contribution in [0.4, 0.5) is 0 Å². The lowest BCUT2D eigenvalue weighted by atomic mass is 9.96. The average Bonchev–Trinajstić information content (AvgIpc) is 3.38. The minimum Gasteiger partial charge on any atom is -0.497 e. The minimum absolute atomic E-state index is 0.00898. The smallest absolute Gasteiger partial charge is 0.225 e. The molecular formula is C28H25NO4. The number of aromatic nitrogens is 1. The number of methoxy groups -OCH3 is 2. The predicted molar refractivity (Wildman–Crippen MR) is 129 cm³/mol. The first-order valence-electron chi connectivity index (χ1n) is 10.6. The zero-order chi connectivity index (χ0) is 23.2. The van der Waals surface area contributed by atoms with Gasteiger partial charge in [0.25, 0.3) is 0 Å². The van der Waals surface area contributed by atoms with E-state index in [1.165, 1.54) is 0 Å². The van der Waals surface area contributed by atoms with Crippen molar-refractivity contribution < 1.29 is 18.7 Å². The second kappa shape index (κ2) is 10.0. The number of nitrogens with zero attached hydrogens (tertiary/aromatic N) is 1.